The van der Waals surface area contributed by atoms with Gasteiger partial charge in [-0.25, -0.2) is 12.8 Å². The molecule has 0 radical (unpaired) electrons. The minimum Gasteiger partial charge on any atom is -0.339 e. The fraction of sp³-hybridized carbons (Fsp3) is 0.350. The van der Waals surface area contributed by atoms with Crippen LogP contribution in [-0.2, 0) is 10.0 Å². The smallest absolute Gasteiger partial charge is 0.253 e. The van der Waals surface area contributed by atoms with E-state index in [1.165, 1.54) is 12.1 Å². The van der Waals surface area contributed by atoms with Gasteiger partial charge in [0, 0.05) is 18.7 Å². The Hall–Kier alpha value is -2.41. The molecular formula is C20H23FN2O3S. The third-order valence-corrected chi connectivity index (χ3v) is 5.49. The number of benzene rings is 2. The number of amides is 1. The molecule has 0 saturated carbocycles. The number of sulfonamides is 1. The lowest BCUT2D eigenvalue weighted by molar-refractivity contribution is 0.0713. The monoisotopic (exact) mass is 390 g/mol. The summed E-state index contributed by atoms with van der Waals surface area (Å²) in [6.45, 7) is 3.02. The molecule has 0 aliphatic carbocycles. The minimum atomic E-state index is -3.41. The van der Waals surface area contributed by atoms with E-state index in [2.05, 4.69) is 4.72 Å². The predicted octanol–water partition coefficient (Wildman–Crippen LogP) is 3.53. The van der Waals surface area contributed by atoms with Crippen LogP contribution in [0.5, 0.6) is 0 Å². The van der Waals surface area contributed by atoms with Crippen molar-refractivity contribution >= 4 is 21.6 Å². The zero-order valence-electron chi connectivity index (χ0n) is 15.4. The second-order valence-corrected chi connectivity index (χ2v) is 8.77. The molecule has 27 heavy (non-hydrogen) atoms. The van der Waals surface area contributed by atoms with E-state index >= 15 is 0 Å². The van der Waals surface area contributed by atoms with Crippen molar-refractivity contribution in [1.29, 1.82) is 0 Å². The SMILES string of the molecule is Cc1ccc(C(=O)N2CCC(c3ccc(F)cc3)CC2)cc1NS(C)(=O)=O. The normalized spacial score (nSPS) is 15.6. The Morgan fingerprint density at radius 3 is 2.33 bits per heavy atom. The van der Waals surface area contributed by atoms with Crippen molar-refractivity contribution in [2.45, 2.75) is 25.7 Å². The highest BCUT2D eigenvalue weighted by atomic mass is 32.2. The molecule has 144 valence electrons. The number of nitrogens with one attached hydrogen (secondary N) is 1. The molecule has 5 nitrogen and oxygen atoms in total. The lowest BCUT2D eigenvalue weighted by Crippen LogP contribution is -2.38. The number of piperidine rings is 1. The van der Waals surface area contributed by atoms with E-state index in [-0.39, 0.29) is 11.7 Å². The molecule has 2 aromatic carbocycles. The molecule has 1 aliphatic heterocycles. The molecule has 1 amide bonds. The predicted molar refractivity (Wildman–Crippen MR) is 104 cm³/mol. The zero-order chi connectivity index (χ0) is 19.6. The van der Waals surface area contributed by atoms with E-state index in [9.17, 15) is 17.6 Å². The fourth-order valence-electron chi connectivity index (χ4n) is 3.40. The van der Waals surface area contributed by atoms with Gasteiger partial charge in [0.25, 0.3) is 5.91 Å². The summed E-state index contributed by atoms with van der Waals surface area (Å²) in [5.74, 6) is -0.0384. The molecule has 1 saturated heterocycles. The van der Waals surface area contributed by atoms with E-state index in [1.54, 1.807) is 42.2 Å². The molecule has 0 aromatic heterocycles. The Bertz CT molecular complexity index is 934. The van der Waals surface area contributed by atoms with E-state index < -0.39 is 10.0 Å². The van der Waals surface area contributed by atoms with Crippen LogP contribution < -0.4 is 4.72 Å². The van der Waals surface area contributed by atoms with Crippen LogP contribution in [0, 0.1) is 12.7 Å². The summed E-state index contributed by atoms with van der Waals surface area (Å²) in [4.78, 5) is 14.6. The van der Waals surface area contributed by atoms with Crippen LogP contribution in [0.3, 0.4) is 0 Å². The van der Waals surface area contributed by atoms with E-state index in [0.717, 1.165) is 30.2 Å². The average molecular weight is 390 g/mol. The van der Waals surface area contributed by atoms with Crippen molar-refractivity contribution in [1.82, 2.24) is 4.90 Å². The Kier molecular flexibility index (Phi) is 5.51. The van der Waals surface area contributed by atoms with Crippen LogP contribution in [0.4, 0.5) is 10.1 Å². The van der Waals surface area contributed by atoms with Gasteiger partial charge in [0.05, 0.1) is 11.9 Å². The summed E-state index contributed by atoms with van der Waals surface area (Å²) < 4.78 is 38.5. The largest absolute Gasteiger partial charge is 0.339 e. The Balaban J connectivity index is 1.69. The van der Waals surface area contributed by atoms with Gasteiger partial charge in [-0.2, -0.15) is 0 Å². The number of hydrogen-bond donors (Lipinski definition) is 1. The first-order valence-corrected chi connectivity index (χ1v) is 10.8. The van der Waals surface area contributed by atoms with E-state index in [4.69, 9.17) is 0 Å². The number of aryl methyl sites for hydroxylation is 1. The van der Waals surface area contributed by atoms with E-state index in [0.29, 0.717) is 30.3 Å². The van der Waals surface area contributed by atoms with Crippen LogP contribution in [0.15, 0.2) is 42.5 Å². The van der Waals surface area contributed by atoms with Gasteiger partial charge in [0.1, 0.15) is 5.82 Å². The van der Waals surface area contributed by atoms with Gasteiger partial charge < -0.3 is 4.90 Å². The van der Waals surface area contributed by atoms with Crippen LogP contribution in [0.1, 0.15) is 40.2 Å². The van der Waals surface area contributed by atoms with Crippen molar-refractivity contribution in [3.05, 3.63) is 65.0 Å². The molecule has 2 aromatic rings. The van der Waals surface area contributed by atoms with Crippen LogP contribution in [-0.4, -0.2) is 38.6 Å². The summed E-state index contributed by atoms with van der Waals surface area (Å²) in [6, 6.07) is 11.6. The number of halogens is 1. The topological polar surface area (TPSA) is 66.5 Å². The Labute approximate surface area is 159 Å². The molecule has 7 heteroatoms. The number of rotatable bonds is 4. The maximum absolute atomic E-state index is 13.1. The average Bonchev–Trinajstić information content (AvgIpc) is 2.63. The van der Waals surface area contributed by atoms with Gasteiger partial charge in [0.2, 0.25) is 10.0 Å². The van der Waals surface area contributed by atoms with Gasteiger partial charge in [-0.15, -0.1) is 0 Å². The van der Waals surface area contributed by atoms with E-state index in [1.807, 2.05) is 0 Å². The molecule has 3 rings (SSSR count). The van der Waals surface area contributed by atoms with Crippen LogP contribution >= 0.6 is 0 Å². The van der Waals surface area contributed by atoms with Gasteiger partial charge in [-0.1, -0.05) is 18.2 Å². The number of nitrogens with zero attached hydrogens (tertiary/aromatic N) is 1. The van der Waals surface area contributed by atoms with Crippen molar-refractivity contribution in [2.75, 3.05) is 24.1 Å². The summed E-state index contributed by atoms with van der Waals surface area (Å²) in [5.41, 5.74) is 2.74. The molecule has 1 N–H and O–H groups in total. The first-order chi connectivity index (χ1) is 12.7. The fourth-order valence-corrected chi connectivity index (χ4v) is 4.02. The van der Waals surface area contributed by atoms with Gasteiger partial charge >= 0.3 is 0 Å². The Morgan fingerprint density at radius 2 is 1.74 bits per heavy atom. The highest BCUT2D eigenvalue weighted by molar-refractivity contribution is 7.92. The number of carbonyl (C=O) groups excluding carboxylic acids is 1. The molecule has 1 aliphatic rings. The highest BCUT2D eigenvalue weighted by Gasteiger charge is 2.25. The zero-order valence-corrected chi connectivity index (χ0v) is 16.2. The number of hydrogen-bond acceptors (Lipinski definition) is 3. The van der Waals surface area contributed by atoms with Crippen molar-refractivity contribution in [3.63, 3.8) is 0 Å². The minimum absolute atomic E-state index is 0.107. The highest BCUT2D eigenvalue weighted by Crippen LogP contribution is 2.29. The first kappa shape index (κ1) is 19.4. The maximum Gasteiger partial charge on any atom is 0.253 e. The summed E-state index contributed by atoms with van der Waals surface area (Å²) in [5, 5.41) is 0. The summed E-state index contributed by atoms with van der Waals surface area (Å²) >= 11 is 0. The second-order valence-electron chi connectivity index (χ2n) is 7.02. The second kappa shape index (κ2) is 7.68. The maximum atomic E-state index is 13.1. The molecule has 1 heterocycles. The molecule has 1 fully saturated rings. The Morgan fingerprint density at radius 1 is 1.11 bits per heavy atom. The molecule has 0 bridgehead atoms. The third kappa shape index (κ3) is 4.86. The molecule has 0 unspecified atom stereocenters. The summed E-state index contributed by atoms with van der Waals surface area (Å²) in [6.07, 6.45) is 2.72. The third-order valence-electron chi connectivity index (χ3n) is 4.90. The van der Waals surface area contributed by atoms with Crippen LogP contribution in [0.2, 0.25) is 0 Å². The lowest BCUT2D eigenvalue weighted by Gasteiger charge is -2.32. The van der Waals surface area contributed by atoms with Gasteiger partial charge in [-0.05, 0) is 61.1 Å². The molecule has 0 spiro atoms. The number of carbonyl (C=O) groups is 1. The molecule has 0 atom stereocenters. The lowest BCUT2D eigenvalue weighted by atomic mass is 9.89. The first-order valence-electron chi connectivity index (χ1n) is 8.86. The van der Waals surface area contributed by atoms with Crippen molar-refractivity contribution < 1.29 is 17.6 Å². The summed E-state index contributed by atoms with van der Waals surface area (Å²) in [7, 11) is -3.41. The van der Waals surface area contributed by atoms with Gasteiger partial charge in [-0.3, -0.25) is 9.52 Å². The van der Waals surface area contributed by atoms with Crippen LogP contribution in [0.25, 0.3) is 0 Å². The van der Waals surface area contributed by atoms with Crippen molar-refractivity contribution in [2.24, 2.45) is 0 Å². The quantitative estimate of drug-likeness (QED) is 0.869. The number of likely N-dealkylation sites (tertiary alicyclic amines) is 1. The molecular weight excluding hydrogens is 367 g/mol. The standard InChI is InChI=1S/C20H23FN2O3S/c1-14-3-4-17(13-19(14)22-27(2,25)26)20(24)23-11-9-16(10-12-23)15-5-7-18(21)8-6-15/h3-8,13,16,22H,9-12H2,1-2H3. The van der Waals surface area contributed by atoms with Gasteiger partial charge in [0.15, 0.2) is 0 Å². The number of anilines is 1. The van der Waals surface area contributed by atoms with Crippen molar-refractivity contribution in [3.8, 4) is 0 Å².